The summed E-state index contributed by atoms with van der Waals surface area (Å²) in [4.78, 5) is 30.3. The van der Waals surface area contributed by atoms with Crippen LogP contribution >= 0.6 is 0 Å². The first-order chi connectivity index (χ1) is 18.7. The molecule has 0 bridgehead atoms. The summed E-state index contributed by atoms with van der Waals surface area (Å²) in [6, 6.07) is 13.5. The predicted octanol–water partition coefficient (Wildman–Crippen LogP) is 6.36. The lowest BCUT2D eigenvalue weighted by Crippen LogP contribution is -2.15. The molecule has 0 radical (unpaired) electrons. The van der Waals surface area contributed by atoms with Gasteiger partial charge in [0.2, 0.25) is 5.95 Å². The second-order valence-electron chi connectivity index (χ2n) is 8.77. The second-order valence-corrected chi connectivity index (χ2v) is 8.77. The number of carbonyl (C=O) groups excluding carboxylic acids is 1. The molecule has 39 heavy (non-hydrogen) atoms. The normalized spacial score (nSPS) is 11.3. The molecule has 1 amide bonds. The van der Waals surface area contributed by atoms with Crippen LogP contribution in [0.1, 0.15) is 27.2 Å². The Morgan fingerprint density at radius 3 is 2.51 bits per heavy atom. The molecule has 0 aliphatic rings. The molecule has 0 spiro atoms. The third-order valence-electron chi connectivity index (χ3n) is 5.92. The van der Waals surface area contributed by atoms with Crippen molar-refractivity contribution in [1.29, 1.82) is 0 Å². The number of alkyl halides is 3. The first-order valence-electron chi connectivity index (χ1n) is 11.8. The minimum Gasteiger partial charge on any atom is -0.324 e. The number of imidazole rings is 1. The Labute approximate surface area is 221 Å². The molecular weight excluding hydrogens is 507 g/mol. The van der Waals surface area contributed by atoms with Gasteiger partial charge in [-0.25, -0.2) is 15.0 Å². The van der Waals surface area contributed by atoms with E-state index in [1.165, 1.54) is 12.4 Å². The minimum atomic E-state index is -4.58. The number of anilines is 3. The quantitative estimate of drug-likeness (QED) is 0.266. The van der Waals surface area contributed by atoms with Crippen LogP contribution < -0.4 is 10.6 Å². The maximum absolute atomic E-state index is 13.5. The van der Waals surface area contributed by atoms with Crippen molar-refractivity contribution in [3.8, 4) is 16.9 Å². The average Bonchev–Trinajstić information content (AvgIpc) is 3.36. The molecule has 0 saturated heterocycles. The van der Waals surface area contributed by atoms with Gasteiger partial charge in [-0.2, -0.15) is 13.2 Å². The number of pyridine rings is 1. The average molecular weight is 530 g/mol. The largest absolute Gasteiger partial charge is 0.416 e. The number of amides is 1. The highest BCUT2D eigenvalue weighted by Crippen LogP contribution is 2.34. The molecule has 0 unspecified atom stereocenters. The van der Waals surface area contributed by atoms with Crippen molar-refractivity contribution in [3.63, 3.8) is 0 Å². The Bertz CT molecular complexity index is 1650. The zero-order valence-electron chi connectivity index (χ0n) is 20.9. The minimum absolute atomic E-state index is 0.00480. The molecule has 2 N–H and O–H groups in total. The van der Waals surface area contributed by atoms with Crippen LogP contribution in [0.25, 0.3) is 16.9 Å². The molecule has 11 heteroatoms. The van der Waals surface area contributed by atoms with Crippen molar-refractivity contribution in [2.45, 2.75) is 20.0 Å². The molecule has 5 rings (SSSR count). The van der Waals surface area contributed by atoms with E-state index in [2.05, 4.69) is 30.6 Å². The van der Waals surface area contributed by atoms with Crippen molar-refractivity contribution < 1.29 is 18.0 Å². The number of rotatable bonds is 6. The Kier molecular flexibility index (Phi) is 6.80. The van der Waals surface area contributed by atoms with Crippen molar-refractivity contribution in [1.82, 2.24) is 24.5 Å². The summed E-state index contributed by atoms with van der Waals surface area (Å²) >= 11 is 0. The first kappa shape index (κ1) is 25.6. The highest BCUT2D eigenvalue weighted by atomic mass is 19.4. The Morgan fingerprint density at radius 2 is 1.79 bits per heavy atom. The van der Waals surface area contributed by atoms with E-state index in [0.29, 0.717) is 28.7 Å². The van der Waals surface area contributed by atoms with Crippen LogP contribution in [0.5, 0.6) is 0 Å². The molecule has 0 saturated carbocycles. The lowest BCUT2D eigenvalue weighted by atomic mass is 10.1. The summed E-state index contributed by atoms with van der Waals surface area (Å²) in [6.45, 7) is 3.61. The highest BCUT2D eigenvalue weighted by molar-refractivity contribution is 6.06. The summed E-state index contributed by atoms with van der Waals surface area (Å²) in [7, 11) is 0. The number of benzene rings is 2. The van der Waals surface area contributed by atoms with Gasteiger partial charge in [0, 0.05) is 41.6 Å². The van der Waals surface area contributed by atoms with E-state index in [1.807, 2.05) is 13.0 Å². The van der Waals surface area contributed by atoms with Crippen LogP contribution in [0.4, 0.5) is 30.5 Å². The molecule has 196 valence electrons. The third-order valence-corrected chi connectivity index (χ3v) is 5.92. The van der Waals surface area contributed by atoms with Crippen LogP contribution in [0.15, 0.2) is 85.7 Å². The summed E-state index contributed by atoms with van der Waals surface area (Å²) in [5, 5.41) is 5.76. The van der Waals surface area contributed by atoms with E-state index in [9.17, 15) is 18.0 Å². The lowest BCUT2D eigenvalue weighted by molar-refractivity contribution is -0.137. The standard InChI is InChI=1S/C28H22F3N7O/c1-17-5-6-19(12-23(17)37-27-33-11-9-22(36-27)20-4-3-10-32-14-20)26(39)35-24-13-21(28(29,30)31)7-8-25(24)38-15-18(2)34-16-38/h3-16H,1-2H3,(H,35,39)(H,33,36,37). The third kappa shape index (κ3) is 5.77. The molecular formula is C28H22F3N7O. The zero-order valence-corrected chi connectivity index (χ0v) is 20.9. The highest BCUT2D eigenvalue weighted by Gasteiger charge is 2.31. The number of nitrogens with one attached hydrogen (secondary N) is 2. The SMILES string of the molecule is Cc1cn(-c2ccc(C(F)(F)F)cc2NC(=O)c2ccc(C)c(Nc3nccc(-c4cccnc4)n3)c2)cn1. The van der Waals surface area contributed by atoms with E-state index < -0.39 is 17.6 Å². The van der Waals surface area contributed by atoms with Gasteiger partial charge in [-0.15, -0.1) is 0 Å². The molecule has 0 aliphatic carbocycles. The van der Waals surface area contributed by atoms with E-state index >= 15 is 0 Å². The number of aryl methyl sites for hydroxylation is 2. The number of carbonyl (C=O) groups is 1. The number of aromatic nitrogens is 5. The van der Waals surface area contributed by atoms with E-state index in [-0.39, 0.29) is 11.3 Å². The topological polar surface area (TPSA) is 97.6 Å². The first-order valence-corrected chi connectivity index (χ1v) is 11.8. The van der Waals surface area contributed by atoms with Crippen LogP contribution in [0.3, 0.4) is 0 Å². The molecule has 5 aromatic rings. The van der Waals surface area contributed by atoms with E-state index in [1.54, 1.807) is 66.6 Å². The van der Waals surface area contributed by atoms with Crippen LogP contribution in [-0.2, 0) is 6.18 Å². The van der Waals surface area contributed by atoms with Gasteiger partial charge in [0.15, 0.2) is 0 Å². The maximum Gasteiger partial charge on any atom is 0.416 e. The van der Waals surface area contributed by atoms with Gasteiger partial charge in [0.1, 0.15) is 0 Å². The molecule has 0 fully saturated rings. The number of nitrogens with zero attached hydrogens (tertiary/aromatic N) is 5. The predicted molar refractivity (Wildman–Crippen MR) is 141 cm³/mol. The Morgan fingerprint density at radius 1 is 0.949 bits per heavy atom. The van der Waals surface area contributed by atoms with E-state index in [0.717, 1.165) is 23.3 Å². The van der Waals surface area contributed by atoms with Gasteiger partial charge in [0.25, 0.3) is 5.91 Å². The molecule has 8 nitrogen and oxygen atoms in total. The number of halogens is 3. The summed E-state index contributed by atoms with van der Waals surface area (Å²) in [5.41, 5.74) is 3.24. The van der Waals surface area contributed by atoms with Gasteiger partial charge in [-0.1, -0.05) is 6.07 Å². The fourth-order valence-electron chi connectivity index (χ4n) is 3.90. The summed E-state index contributed by atoms with van der Waals surface area (Å²) in [6.07, 6.45) is 3.52. The lowest BCUT2D eigenvalue weighted by Gasteiger charge is -2.16. The van der Waals surface area contributed by atoms with Gasteiger partial charge >= 0.3 is 6.18 Å². The number of hydrogen-bond donors (Lipinski definition) is 2. The van der Waals surface area contributed by atoms with Crippen molar-refractivity contribution in [2.24, 2.45) is 0 Å². The van der Waals surface area contributed by atoms with Gasteiger partial charge in [0.05, 0.1) is 34.7 Å². The van der Waals surface area contributed by atoms with Crippen molar-refractivity contribution in [2.75, 3.05) is 10.6 Å². The monoisotopic (exact) mass is 529 g/mol. The maximum atomic E-state index is 13.5. The Hall–Kier alpha value is -5.06. The molecule has 3 heterocycles. The van der Waals surface area contributed by atoms with Crippen LogP contribution in [0.2, 0.25) is 0 Å². The van der Waals surface area contributed by atoms with Crippen LogP contribution in [0, 0.1) is 13.8 Å². The molecule has 3 aromatic heterocycles. The smallest absolute Gasteiger partial charge is 0.324 e. The van der Waals surface area contributed by atoms with Crippen LogP contribution in [-0.4, -0.2) is 30.4 Å². The molecule has 0 aliphatic heterocycles. The number of hydrogen-bond acceptors (Lipinski definition) is 6. The Balaban J connectivity index is 1.43. The second kappa shape index (κ2) is 10.4. The van der Waals surface area contributed by atoms with Crippen molar-refractivity contribution >= 4 is 23.2 Å². The molecule has 2 aromatic carbocycles. The zero-order chi connectivity index (χ0) is 27.6. The van der Waals surface area contributed by atoms with Crippen molar-refractivity contribution in [3.05, 3.63) is 108 Å². The van der Waals surface area contributed by atoms with Gasteiger partial charge in [-0.3, -0.25) is 9.78 Å². The summed E-state index contributed by atoms with van der Waals surface area (Å²) < 4.78 is 41.9. The van der Waals surface area contributed by atoms with Gasteiger partial charge < -0.3 is 15.2 Å². The fraction of sp³-hybridized carbons (Fsp3) is 0.107. The van der Waals surface area contributed by atoms with E-state index in [4.69, 9.17) is 0 Å². The van der Waals surface area contributed by atoms with Gasteiger partial charge in [-0.05, 0) is 67.9 Å². The fourth-order valence-corrected chi connectivity index (χ4v) is 3.90. The molecule has 0 atom stereocenters. The summed E-state index contributed by atoms with van der Waals surface area (Å²) in [5.74, 6) is -0.270.